The van der Waals surface area contributed by atoms with E-state index in [2.05, 4.69) is 42.4 Å². The highest BCUT2D eigenvalue weighted by atomic mass is 19.3. The van der Waals surface area contributed by atoms with Gasteiger partial charge in [0.2, 0.25) is 11.8 Å². The Morgan fingerprint density at radius 1 is 0.708 bits per heavy atom. The molecule has 4 aliphatic heterocycles. The number of benzene rings is 2. The maximum atomic E-state index is 15.0. The first-order valence-corrected chi connectivity index (χ1v) is 21.4. The van der Waals surface area contributed by atoms with E-state index in [0.717, 1.165) is 9.80 Å². The molecule has 0 aliphatic carbocycles. The first kappa shape index (κ1) is 45.1. The zero-order valence-electron chi connectivity index (χ0n) is 35.3. The predicted octanol–water partition coefficient (Wildman–Crippen LogP) is 5.90. The first-order chi connectivity index (χ1) is 31.2. The number of alkyl carbamates (subject to hydrolysis) is 1. The Labute approximate surface area is 370 Å². The number of carbonyl (C=O) groups excluding carboxylic acids is 3. The summed E-state index contributed by atoms with van der Waals surface area (Å²) in [6.45, 7) is -0.249. The van der Waals surface area contributed by atoms with Gasteiger partial charge in [-0.1, -0.05) is 36.1 Å². The molecule has 344 valence electrons. The van der Waals surface area contributed by atoms with Crippen LogP contribution in [0.2, 0.25) is 0 Å². The van der Waals surface area contributed by atoms with E-state index in [0.29, 0.717) is 85.8 Å². The summed E-state index contributed by atoms with van der Waals surface area (Å²) in [7, 11) is 1.17. The summed E-state index contributed by atoms with van der Waals surface area (Å²) >= 11 is 0. The molecular weight excluding hydrogens is 857 g/mol. The number of carboxylic acid groups (broad SMARTS) is 1. The van der Waals surface area contributed by atoms with Gasteiger partial charge < -0.3 is 49.7 Å². The van der Waals surface area contributed by atoms with Crippen LogP contribution in [0.1, 0.15) is 73.4 Å². The van der Waals surface area contributed by atoms with Gasteiger partial charge in [0, 0.05) is 50.4 Å². The predicted molar refractivity (Wildman–Crippen MR) is 223 cm³/mol. The quantitative estimate of drug-likeness (QED) is 0.0942. The van der Waals surface area contributed by atoms with Crippen LogP contribution in [-0.4, -0.2) is 129 Å². The molecule has 0 spiro atoms. The van der Waals surface area contributed by atoms with Gasteiger partial charge in [-0.15, -0.1) is 0 Å². The summed E-state index contributed by atoms with van der Waals surface area (Å²) in [5, 5.41) is 14.3. The van der Waals surface area contributed by atoms with E-state index in [4.69, 9.17) is 14.2 Å². The molecule has 4 fully saturated rings. The van der Waals surface area contributed by atoms with Gasteiger partial charge in [0.15, 0.2) is 0 Å². The minimum absolute atomic E-state index is 0.159. The normalized spacial score (nSPS) is 21.8. The third-order valence-corrected chi connectivity index (χ3v) is 12.4. The Hall–Kier alpha value is -6.46. The summed E-state index contributed by atoms with van der Waals surface area (Å²) in [5.74, 6) is -1.89. The number of aromatic amines is 2. The SMILES string of the molecule is COC(=O)N[C@H](C(=O)N1CC(F)(F)C[C@H]1c1ncc(-c2ccc(C#Cc3ccc(-c4cnc([C@@H]5CC(F)(F)CN5C(=O)[C@H](NC(=O)O)C5CCOCC5)[nH]4)cc3)cc2)[nH]1)C1CCOCC1. The molecule has 4 saturated heterocycles. The van der Waals surface area contributed by atoms with Crippen LogP contribution in [-0.2, 0) is 23.8 Å². The van der Waals surface area contributed by atoms with Crippen molar-refractivity contribution in [2.75, 3.05) is 46.6 Å². The number of rotatable bonds is 10. The zero-order valence-corrected chi connectivity index (χ0v) is 35.3. The van der Waals surface area contributed by atoms with E-state index < -0.39 is 91.9 Å². The number of ether oxygens (including phenoxy) is 3. The van der Waals surface area contributed by atoms with E-state index in [1.165, 1.54) is 19.5 Å². The monoisotopic (exact) mass is 904 g/mol. The number of nitrogens with zero attached hydrogens (tertiary/aromatic N) is 4. The number of alkyl halides is 4. The topological polar surface area (TPSA) is 204 Å². The van der Waals surface area contributed by atoms with Gasteiger partial charge in [-0.2, -0.15) is 0 Å². The number of amides is 4. The lowest BCUT2D eigenvalue weighted by Gasteiger charge is -2.33. The molecule has 0 bridgehead atoms. The molecule has 8 rings (SSSR count). The van der Waals surface area contributed by atoms with Crippen LogP contribution >= 0.6 is 0 Å². The summed E-state index contributed by atoms with van der Waals surface area (Å²) in [4.78, 5) is 68.5. The first-order valence-electron chi connectivity index (χ1n) is 21.4. The third-order valence-electron chi connectivity index (χ3n) is 12.4. The van der Waals surface area contributed by atoms with E-state index in [1.54, 1.807) is 48.5 Å². The lowest BCUT2D eigenvalue weighted by Crippen LogP contribution is -2.53. The van der Waals surface area contributed by atoms with Crippen LogP contribution < -0.4 is 10.6 Å². The van der Waals surface area contributed by atoms with E-state index in [9.17, 15) is 41.8 Å². The fourth-order valence-corrected chi connectivity index (χ4v) is 9.04. The summed E-state index contributed by atoms with van der Waals surface area (Å²) in [6.07, 6.45) is 1.23. The van der Waals surface area contributed by atoms with Gasteiger partial charge in [-0.3, -0.25) is 9.59 Å². The number of hydrogen-bond donors (Lipinski definition) is 5. The number of halogens is 4. The standard InChI is InChI=1S/C45H48F4N8O8/c1-63-43(62)55-37(31-14-18-65-19-15-31)41(59)57-25-45(48,49)21-35(57)39-51-23-33(53-39)29-10-6-27(7-11-29)3-2-26-4-8-28(9-5-26)32-22-50-38(52-32)34-20-44(46,47)24-56(34)40(58)36(54-42(60)61)30-12-16-64-17-13-30/h4-11,22-23,30-31,34-37,54H,12-21,24-25H2,1H3,(H,50,52)(H,51,53)(H,55,62)(H,60,61)/t34-,35-,36+,37-/m0/s1. The van der Waals surface area contributed by atoms with Crippen LogP contribution in [0.4, 0.5) is 27.2 Å². The number of methoxy groups -OCH3 is 1. The highest BCUT2D eigenvalue weighted by Gasteiger charge is 2.52. The summed E-state index contributed by atoms with van der Waals surface area (Å²) < 4.78 is 75.2. The summed E-state index contributed by atoms with van der Waals surface area (Å²) in [5.41, 5.74) is 3.84. The summed E-state index contributed by atoms with van der Waals surface area (Å²) in [6, 6.07) is 9.92. The highest BCUT2D eigenvalue weighted by molar-refractivity contribution is 5.87. The molecule has 6 heterocycles. The minimum Gasteiger partial charge on any atom is -0.465 e. The second-order valence-electron chi connectivity index (χ2n) is 16.8. The number of imidazole rings is 2. The van der Waals surface area contributed by atoms with E-state index in [-0.39, 0.29) is 17.6 Å². The van der Waals surface area contributed by atoms with Crippen LogP contribution in [0.3, 0.4) is 0 Å². The molecule has 4 aromatic rings. The van der Waals surface area contributed by atoms with Gasteiger partial charge >= 0.3 is 12.2 Å². The van der Waals surface area contributed by atoms with Crippen molar-refractivity contribution in [2.24, 2.45) is 11.8 Å². The molecule has 20 heteroatoms. The Kier molecular flexibility index (Phi) is 13.1. The number of nitrogens with one attached hydrogen (secondary N) is 4. The Morgan fingerprint density at radius 2 is 1.11 bits per heavy atom. The van der Waals surface area contributed by atoms with E-state index >= 15 is 0 Å². The number of carbonyl (C=O) groups is 4. The molecular formula is C45H48F4N8O8. The molecule has 4 atom stereocenters. The highest BCUT2D eigenvalue weighted by Crippen LogP contribution is 2.43. The van der Waals surface area contributed by atoms with Crippen LogP contribution in [0, 0.1) is 23.7 Å². The number of hydrogen-bond acceptors (Lipinski definition) is 9. The largest absolute Gasteiger partial charge is 0.465 e. The molecule has 2 aromatic heterocycles. The molecule has 2 aromatic carbocycles. The molecule has 0 saturated carbocycles. The average molecular weight is 905 g/mol. The number of aromatic nitrogens is 4. The Bertz CT molecular complexity index is 2420. The number of likely N-dealkylation sites (tertiary alicyclic amines) is 2. The van der Waals surface area contributed by atoms with Gasteiger partial charge in [0.25, 0.3) is 11.8 Å². The molecule has 0 unspecified atom stereocenters. The van der Waals surface area contributed by atoms with E-state index in [1.807, 2.05) is 0 Å². The van der Waals surface area contributed by atoms with Crippen molar-refractivity contribution in [3.63, 3.8) is 0 Å². The van der Waals surface area contributed by atoms with Gasteiger partial charge in [-0.25, -0.2) is 37.1 Å². The van der Waals surface area contributed by atoms with Crippen LogP contribution in [0.25, 0.3) is 22.5 Å². The molecule has 65 heavy (non-hydrogen) atoms. The fourth-order valence-electron chi connectivity index (χ4n) is 9.04. The van der Waals surface area contributed by atoms with Crippen molar-refractivity contribution in [3.8, 4) is 34.4 Å². The molecule has 0 radical (unpaired) electrons. The fraction of sp³-hybridized carbons (Fsp3) is 0.467. The maximum Gasteiger partial charge on any atom is 0.407 e. The lowest BCUT2D eigenvalue weighted by atomic mass is 9.90. The van der Waals surface area contributed by atoms with Gasteiger partial charge in [0.05, 0.1) is 56.1 Å². The minimum atomic E-state index is -3.20. The molecule has 16 nitrogen and oxygen atoms in total. The van der Waals surface area contributed by atoms with Crippen molar-refractivity contribution in [3.05, 3.63) is 83.7 Å². The smallest absolute Gasteiger partial charge is 0.407 e. The second kappa shape index (κ2) is 18.9. The van der Waals surface area contributed by atoms with Crippen LogP contribution in [0.5, 0.6) is 0 Å². The average Bonchev–Trinajstić information content (AvgIpc) is 4.12. The maximum absolute atomic E-state index is 15.0. The van der Waals surface area contributed by atoms with Crippen molar-refractivity contribution in [2.45, 2.75) is 74.5 Å². The second-order valence-corrected chi connectivity index (χ2v) is 16.8. The molecule has 5 N–H and O–H groups in total. The molecule has 4 aliphatic rings. The van der Waals surface area contributed by atoms with Crippen LogP contribution in [0.15, 0.2) is 60.9 Å². The lowest BCUT2D eigenvalue weighted by molar-refractivity contribution is -0.138. The Morgan fingerprint density at radius 3 is 1.49 bits per heavy atom. The third kappa shape index (κ3) is 10.4. The Balaban J connectivity index is 0.919. The number of H-pyrrole nitrogens is 2. The van der Waals surface area contributed by atoms with Crippen molar-refractivity contribution < 1.29 is 56.1 Å². The molecule has 4 amide bonds. The van der Waals surface area contributed by atoms with Crippen molar-refractivity contribution in [1.29, 1.82) is 0 Å². The van der Waals surface area contributed by atoms with Crippen molar-refractivity contribution >= 4 is 24.0 Å². The van der Waals surface area contributed by atoms with Crippen molar-refractivity contribution in [1.82, 2.24) is 40.4 Å². The van der Waals surface area contributed by atoms with Gasteiger partial charge in [-0.05, 0) is 72.9 Å². The van der Waals surface area contributed by atoms with Gasteiger partial charge in [0.1, 0.15) is 23.7 Å². The zero-order chi connectivity index (χ0) is 45.9.